The average molecular weight is 433 g/mol. The van der Waals surface area contributed by atoms with Gasteiger partial charge in [0.25, 0.3) is 0 Å². The summed E-state index contributed by atoms with van der Waals surface area (Å²) in [6.45, 7) is 0. The highest BCUT2D eigenvalue weighted by atomic mass is 32.2. The Bertz CT molecular complexity index is 1330. The van der Waals surface area contributed by atoms with E-state index in [2.05, 4.69) is 4.98 Å². The first-order valence-electron chi connectivity index (χ1n) is 8.49. The summed E-state index contributed by atoms with van der Waals surface area (Å²) in [6.07, 6.45) is -1.97. The number of aromatic nitrogens is 1. The number of hydrogen-bond donors (Lipinski definition) is 0. The summed E-state index contributed by atoms with van der Waals surface area (Å²) in [6, 6.07) is 14.1. The number of nitrogens with zero attached hydrogens (tertiary/aromatic N) is 1. The second-order valence-corrected chi connectivity index (χ2v) is 9.48. The summed E-state index contributed by atoms with van der Waals surface area (Å²) in [5, 5.41) is 2.27. The van der Waals surface area contributed by atoms with Gasteiger partial charge in [-0.05, 0) is 46.8 Å². The first-order chi connectivity index (χ1) is 13.6. The van der Waals surface area contributed by atoms with Gasteiger partial charge in [-0.2, -0.15) is 13.2 Å². The lowest BCUT2D eigenvalue weighted by molar-refractivity contribution is -0.136. The van der Waals surface area contributed by atoms with E-state index in [0.717, 1.165) is 28.3 Å². The lowest BCUT2D eigenvalue weighted by Crippen LogP contribution is -2.06. The number of rotatable bonds is 3. The zero-order valence-electron chi connectivity index (χ0n) is 15.1. The zero-order chi connectivity index (χ0) is 20.8. The molecule has 4 aromatic rings. The second kappa shape index (κ2) is 6.96. The molecule has 8 heteroatoms. The number of thiophene rings is 1. The van der Waals surface area contributed by atoms with Crippen LogP contribution in [0.1, 0.15) is 5.56 Å². The molecule has 2 aromatic heterocycles. The number of sulfone groups is 1. The summed E-state index contributed by atoms with van der Waals surface area (Å²) in [5.74, 6) is 0. The molecular formula is C21H14F3NO2S2. The topological polar surface area (TPSA) is 47.0 Å². The van der Waals surface area contributed by atoms with Crippen LogP contribution in [0.3, 0.4) is 0 Å². The van der Waals surface area contributed by atoms with Gasteiger partial charge >= 0.3 is 6.18 Å². The van der Waals surface area contributed by atoms with Crippen molar-refractivity contribution in [3.8, 4) is 21.6 Å². The normalized spacial score (nSPS) is 12.4. The Kier molecular flexibility index (Phi) is 4.71. The molecule has 0 aliphatic rings. The fourth-order valence-corrected chi connectivity index (χ4v) is 4.78. The smallest absolute Gasteiger partial charge is 0.256 e. The van der Waals surface area contributed by atoms with E-state index in [9.17, 15) is 21.6 Å². The molecule has 29 heavy (non-hydrogen) atoms. The zero-order valence-corrected chi connectivity index (χ0v) is 16.7. The molecular weight excluding hydrogens is 419 g/mol. The minimum Gasteiger partial charge on any atom is -0.256 e. The largest absolute Gasteiger partial charge is 0.418 e. The summed E-state index contributed by atoms with van der Waals surface area (Å²) >= 11 is 1.38. The summed E-state index contributed by atoms with van der Waals surface area (Å²) in [5.41, 5.74) is 1.31. The summed E-state index contributed by atoms with van der Waals surface area (Å²) < 4.78 is 63.6. The Hall–Kier alpha value is -2.71. The van der Waals surface area contributed by atoms with Gasteiger partial charge in [0.05, 0.1) is 16.0 Å². The first-order valence-corrected chi connectivity index (χ1v) is 11.3. The van der Waals surface area contributed by atoms with Crippen molar-refractivity contribution in [2.75, 3.05) is 6.26 Å². The van der Waals surface area contributed by atoms with Crippen molar-refractivity contribution in [2.45, 2.75) is 11.1 Å². The van der Waals surface area contributed by atoms with E-state index < -0.39 is 21.6 Å². The molecule has 2 aromatic carbocycles. The molecule has 0 spiro atoms. The van der Waals surface area contributed by atoms with Gasteiger partial charge in [0.2, 0.25) is 0 Å². The van der Waals surface area contributed by atoms with Crippen LogP contribution in [-0.4, -0.2) is 19.7 Å². The summed E-state index contributed by atoms with van der Waals surface area (Å²) in [4.78, 5) is 4.94. The van der Waals surface area contributed by atoms with E-state index in [4.69, 9.17) is 0 Å². The number of benzene rings is 2. The van der Waals surface area contributed by atoms with Gasteiger partial charge in [0, 0.05) is 28.3 Å². The minimum atomic E-state index is -4.49. The Morgan fingerprint density at radius 2 is 1.72 bits per heavy atom. The Labute approximate surface area is 169 Å². The van der Waals surface area contributed by atoms with Gasteiger partial charge < -0.3 is 0 Å². The van der Waals surface area contributed by atoms with E-state index >= 15 is 0 Å². The molecule has 0 N–H and O–H groups in total. The molecule has 0 bridgehead atoms. The third kappa shape index (κ3) is 3.77. The molecule has 0 aliphatic heterocycles. The lowest BCUT2D eigenvalue weighted by Gasteiger charge is -2.11. The van der Waals surface area contributed by atoms with Crippen LogP contribution in [0.4, 0.5) is 13.2 Å². The number of alkyl halides is 3. The number of halogens is 3. The van der Waals surface area contributed by atoms with Crippen LogP contribution in [0.2, 0.25) is 0 Å². The highest BCUT2D eigenvalue weighted by Crippen LogP contribution is 2.39. The van der Waals surface area contributed by atoms with Gasteiger partial charge in [-0.15, -0.1) is 11.3 Å². The number of pyridine rings is 1. The molecule has 2 heterocycles. The number of fused-ring (bicyclic) bond motifs is 1. The molecule has 0 unspecified atom stereocenters. The molecule has 3 nitrogen and oxygen atoms in total. The third-order valence-electron chi connectivity index (χ3n) is 4.54. The van der Waals surface area contributed by atoms with Crippen LogP contribution >= 0.6 is 11.3 Å². The van der Waals surface area contributed by atoms with E-state index in [1.807, 2.05) is 11.4 Å². The van der Waals surface area contributed by atoms with E-state index in [1.54, 1.807) is 30.3 Å². The molecule has 0 fully saturated rings. The standard InChI is InChI=1S/C21H14F3NO2S2/c1-29(26,27)15-5-2-4-13(10-15)14-11-19(28-12-14)16-8-9-25-20-17(16)6-3-7-18(20)21(22,23)24/h2-12H,1H3. The fraction of sp³-hybridized carbons (Fsp3) is 0.0952. The van der Waals surface area contributed by atoms with Crippen LogP contribution in [0.5, 0.6) is 0 Å². The Balaban J connectivity index is 1.83. The highest BCUT2D eigenvalue weighted by Gasteiger charge is 2.33. The van der Waals surface area contributed by atoms with Crippen molar-refractivity contribution in [1.29, 1.82) is 0 Å². The number of hydrogen-bond acceptors (Lipinski definition) is 4. The van der Waals surface area contributed by atoms with Crippen molar-refractivity contribution < 1.29 is 21.6 Å². The van der Waals surface area contributed by atoms with Gasteiger partial charge in [0.1, 0.15) is 0 Å². The molecule has 148 valence electrons. The highest BCUT2D eigenvalue weighted by molar-refractivity contribution is 7.90. The van der Waals surface area contributed by atoms with Crippen LogP contribution in [0.15, 0.2) is 71.1 Å². The van der Waals surface area contributed by atoms with Crippen molar-refractivity contribution >= 4 is 32.1 Å². The average Bonchev–Trinajstić information content (AvgIpc) is 3.16. The van der Waals surface area contributed by atoms with Crippen LogP contribution < -0.4 is 0 Å². The molecule has 0 atom stereocenters. The van der Waals surface area contributed by atoms with E-state index in [1.165, 1.54) is 29.7 Å². The predicted molar refractivity (Wildman–Crippen MR) is 109 cm³/mol. The first kappa shape index (κ1) is 19.6. The molecule has 0 saturated heterocycles. The van der Waals surface area contributed by atoms with Crippen molar-refractivity contribution in [3.63, 3.8) is 0 Å². The van der Waals surface area contributed by atoms with Gasteiger partial charge in [-0.25, -0.2) is 8.42 Å². The fourth-order valence-electron chi connectivity index (χ4n) is 3.15. The van der Waals surface area contributed by atoms with Crippen LogP contribution in [0, 0.1) is 0 Å². The van der Waals surface area contributed by atoms with Gasteiger partial charge in [-0.1, -0.05) is 24.3 Å². The Morgan fingerprint density at radius 3 is 2.45 bits per heavy atom. The predicted octanol–water partition coefficient (Wildman–Crippen LogP) is 6.05. The Morgan fingerprint density at radius 1 is 0.966 bits per heavy atom. The SMILES string of the molecule is CS(=O)(=O)c1cccc(-c2csc(-c3ccnc4c(C(F)(F)F)cccc34)c2)c1. The second-order valence-electron chi connectivity index (χ2n) is 6.56. The quantitative estimate of drug-likeness (QED) is 0.395. The maximum atomic E-state index is 13.3. The molecule has 0 radical (unpaired) electrons. The maximum absolute atomic E-state index is 13.3. The minimum absolute atomic E-state index is 0.0912. The summed E-state index contributed by atoms with van der Waals surface area (Å²) in [7, 11) is -3.34. The monoisotopic (exact) mass is 433 g/mol. The van der Waals surface area contributed by atoms with Crippen molar-refractivity contribution in [3.05, 3.63) is 71.7 Å². The van der Waals surface area contributed by atoms with E-state index in [-0.39, 0.29) is 10.4 Å². The van der Waals surface area contributed by atoms with Gasteiger partial charge in [-0.3, -0.25) is 4.98 Å². The third-order valence-corrected chi connectivity index (χ3v) is 6.61. The molecule has 4 rings (SSSR count). The lowest BCUT2D eigenvalue weighted by atomic mass is 10.0. The van der Waals surface area contributed by atoms with Gasteiger partial charge in [0.15, 0.2) is 9.84 Å². The molecule has 0 aliphatic carbocycles. The number of para-hydroxylation sites is 1. The molecule has 0 saturated carbocycles. The van der Waals surface area contributed by atoms with Crippen molar-refractivity contribution in [1.82, 2.24) is 4.98 Å². The maximum Gasteiger partial charge on any atom is 0.418 e. The van der Waals surface area contributed by atoms with Crippen molar-refractivity contribution in [2.24, 2.45) is 0 Å². The van der Waals surface area contributed by atoms with Crippen LogP contribution in [-0.2, 0) is 16.0 Å². The molecule has 0 amide bonds. The van der Waals surface area contributed by atoms with E-state index in [0.29, 0.717) is 10.9 Å². The van der Waals surface area contributed by atoms with Crippen LogP contribution in [0.25, 0.3) is 32.5 Å².